The molecule has 0 saturated heterocycles. The van der Waals surface area contributed by atoms with Crippen LogP contribution in [-0.4, -0.2) is 15.7 Å². The molecule has 0 fully saturated rings. The van der Waals surface area contributed by atoms with Crippen molar-refractivity contribution in [2.24, 2.45) is 0 Å². The van der Waals surface area contributed by atoms with Crippen LogP contribution < -0.4 is 5.73 Å². The third-order valence-corrected chi connectivity index (χ3v) is 3.53. The number of carbonyl (C=O) groups is 1. The number of nitrogen functional groups attached to an aromatic ring is 1. The molecule has 2 N–H and O–H groups in total. The van der Waals surface area contributed by atoms with Crippen molar-refractivity contribution in [3.05, 3.63) is 47.3 Å². The second-order valence-electron chi connectivity index (χ2n) is 5.19. The maximum Gasteiger partial charge on any atom is 0.338 e. The van der Waals surface area contributed by atoms with Crippen molar-refractivity contribution in [2.45, 2.75) is 39.8 Å². The van der Waals surface area contributed by atoms with Crippen molar-refractivity contribution >= 4 is 11.7 Å². The van der Waals surface area contributed by atoms with E-state index in [2.05, 4.69) is 18.9 Å². The van der Waals surface area contributed by atoms with E-state index in [0.29, 0.717) is 17.3 Å². The number of ether oxygens (including phenoxy) is 1. The molecule has 5 nitrogen and oxygen atoms in total. The van der Waals surface area contributed by atoms with E-state index < -0.39 is 0 Å². The van der Waals surface area contributed by atoms with Gasteiger partial charge >= 0.3 is 5.97 Å². The number of aryl methyl sites for hydroxylation is 1. The van der Waals surface area contributed by atoms with Crippen molar-refractivity contribution in [1.82, 2.24) is 9.78 Å². The van der Waals surface area contributed by atoms with Gasteiger partial charge in [0.05, 0.1) is 11.3 Å². The predicted molar refractivity (Wildman–Crippen MR) is 81.9 cm³/mol. The normalized spacial score (nSPS) is 12.1. The summed E-state index contributed by atoms with van der Waals surface area (Å²) in [6.45, 7) is 6.22. The molecule has 0 radical (unpaired) electrons. The third-order valence-electron chi connectivity index (χ3n) is 3.53. The predicted octanol–water partition coefficient (Wildman–Crippen LogP) is 3.10. The third kappa shape index (κ3) is 3.62. The van der Waals surface area contributed by atoms with Crippen LogP contribution >= 0.6 is 0 Å². The molecule has 0 aliphatic heterocycles. The first-order valence-corrected chi connectivity index (χ1v) is 7.08. The Balaban J connectivity index is 1.99. The monoisotopic (exact) mass is 287 g/mol. The molecule has 0 aliphatic carbocycles. The lowest BCUT2D eigenvalue weighted by atomic mass is 10.1. The number of aromatic nitrogens is 2. The number of esters is 1. The van der Waals surface area contributed by atoms with Gasteiger partial charge in [0, 0.05) is 17.9 Å². The maximum absolute atomic E-state index is 12.0. The molecule has 0 spiro atoms. The van der Waals surface area contributed by atoms with Gasteiger partial charge < -0.3 is 10.5 Å². The number of hydrogen-bond donors (Lipinski definition) is 1. The summed E-state index contributed by atoms with van der Waals surface area (Å²) in [6, 6.07) is 7.35. The van der Waals surface area contributed by atoms with Crippen LogP contribution in [0.25, 0.3) is 0 Å². The van der Waals surface area contributed by atoms with Gasteiger partial charge in [-0.25, -0.2) is 4.79 Å². The smallest absolute Gasteiger partial charge is 0.338 e. The van der Waals surface area contributed by atoms with Crippen molar-refractivity contribution < 1.29 is 9.53 Å². The van der Waals surface area contributed by atoms with Gasteiger partial charge in [-0.2, -0.15) is 5.10 Å². The van der Waals surface area contributed by atoms with E-state index in [0.717, 1.165) is 17.7 Å². The van der Waals surface area contributed by atoms with Gasteiger partial charge in [-0.15, -0.1) is 0 Å². The van der Waals surface area contributed by atoms with Crippen LogP contribution in [-0.2, 0) is 11.3 Å². The van der Waals surface area contributed by atoms with Crippen LogP contribution in [0, 0.1) is 6.92 Å². The highest BCUT2D eigenvalue weighted by atomic mass is 16.5. The van der Waals surface area contributed by atoms with Gasteiger partial charge in [0.25, 0.3) is 0 Å². The van der Waals surface area contributed by atoms with Crippen molar-refractivity contribution in [3.8, 4) is 0 Å². The number of benzene rings is 1. The van der Waals surface area contributed by atoms with Crippen LogP contribution in [0.3, 0.4) is 0 Å². The molecule has 1 aromatic heterocycles. The fraction of sp³-hybridized carbons (Fsp3) is 0.375. The second-order valence-corrected chi connectivity index (χ2v) is 5.19. The molecular weight excluding hydrogens is 266 g/mol. The minimum Gasteiger partial charge on any atom is -0.455 e. The Labute approximate surface area is 124 Å². The lowest BCUT2D eigenvalue weighted by Crippen LogP contribution is -2.09. The number of nitrogens with two attached hydrogens (primary N) is 1. The zero-order chi connectivity index (χ0) is 15.4. The molecular formula is C16H21N3O2. The van der Waals surface area contributed by atoms with Gasteiger partial charge in [0.15, 0.2) is 0 Å². The molecule has 0 bridgehead atoms. The quantitative estimate of drug-likeness (QED) is 0.677. The van der Waals surface area contributed by atoms with Crippen LogP contribution in [0.1, 0.15) is 47.9 Å². The number of nitrogens with zero attached hydrogens (tertiary/aromatic N) is 2. The topological polar surface area (TPSA) is 70.1 Å². The molecule has 1 unspecified atom stereocenters. The largest absolute Gasteiger partial charge is 0.455 e. The number of hydrogen-bond acceptors (Lipinski definition) is 4. The first kappa shape index (κ1) is 15.1. The highest BCUT2D eigenvalue weighted by molar-refractivity contribution is 5.91. The molecule has 112 valence electrons. The van der Waals surface area contributed by atoms with Gasteiger partial charge in [-0.05, 0) is 50.1 Å². The Morgan fingerprint density at radius 1 is 1.43 bits per heavy atom. The molecule has 2 aromatic rings. The summed E-state index contributed by atoms with van der Waals surface area (Å²) in [4.78, 5) is 12.0. The van der Waals surface area contributed by atoms with Crippen LogP contribution in [0.2, 0.25) is 0 Å². The zero-order valence-corrected chi connectivity index (χ0v) is 12.7. The Kier molecular flexibility index (Phi) is 4.62. The fourth-order valence-electron chi connectivity index (χ4n) is 2.02. The molecule has 21 heavy (non-hydrogen) atoms. The van der Waals surface area contributed by atoms with Crippen LogP contribution in [0.15, 0.2) is 30.5 Å². The average Bonchev–Trinajstić information content (AvgIpc) is 2.92. The average molecular weight is 287 g/mol. The summed E-state index contributed by atoms with van der Waals surface area (Å²) in [5.41, 5.74) is 8.40. The van der Waals surface area contributed by atoms with E-state index in [1.165, 1.54) is 0 Å². The molecule has 0 amide bonds. The first-order valence-electron chi connectivity index (χ1n) is 7.08. The summed E-state index contributed by atoms with van der Waals surface area (Å²) in [7, 11) is 0. The number of anilines is 1. The molecule has 1 atom stereocenters. The van der Waals surface area contributed by atoms with Crippen molar-refractivity contribution in [2.75, 3.05) is 5.73 Å². The van der Waals surface area contributed by atoms with Gasteiger partial charge in [0.2, 0.25) is 0 Å². The molecule has 0 aliphatic rings. The minimum atomic E-state index is -0.356. The number of rotatable bonds is 5. The summed E-state index contributed by atoms with van der Waals surface area (Å²) in [5, 5.41) is 4.40. The van der Waals surface area contributed by atoms with Crippen molar-refractivity contribution in [1.29, 1.82) is 0 Å². The Bertz CT molecular complexity index is 634. The molecule has 1 heterocycles. The summed E-state index contributed by atoms with van der Waals surface area (Å²) in [5.74, 6) is -0.356. The summed E-state index contributed by atoms with van der Waals surface area (Å²) >= 11 is 0. The van der Waals surface area contributed by atoms with E-state index in [1.54, 1.807) is 18.2 Å². The lowest BCUT2D eigenvalue weighted by Gasteiger charge is -2.09. The molecule has 1 aromatic carbocycles. The zero-order valence-electron chi connectivity index (χ0n) is 12.7. The highest BCUT2D eigenvalue weighted by Gasteiger charge is 2.12. The van der Waals surface area contributed by atoms with Gasteiger partial charge in [-0.3, -0.25) is 4.68 Å². The molecule has 0 saturated carbocycles. The van der Waals surface area contributed by atoms with Crippen LogP contribution in [0.5, 0.6) is 0 Å². The Hall–Kier alpha value is -2.30. The van der Waals surface area contributed by atoms with E-state index in [9.17, 15) is 4.79 Å². The minimum absolute atomic E-state index is 0.173. The maximum atomic E-state index is 12.0. The summed E-state index contributed by atoms with van der Waals surface area (Å²) in [6.07, 6.45) is 2.91. The van der Waals surface area contributed by atoms with E-state index in [4.69, 9.17) is 10.5 Å². The van der Waals surface area contributed by atoms with E-state index >= 15 is 0 Å². The second kappa shape index (κ2) is 6.43. The number of carbonyl (C=O) groups excluding carboxylic acids is 1. The van der Waals surface area contributed by atoms with Gasteiger partial charge in [0.1, 0.15) is 6.61 Å². The summed E-state index contributed by atoms with van der Waals surface area (Å²) < 4.78 is 7.19. The van der Waals surface area contributed by atoms with Crippen LogP contribution in [0.4, 0.5) is 5.69 Å². The first-order chi connectivity index (χ1) is 10.0. The fourth-order valence-corrected chi connectivity index (χ4v) is 2.02. The van der Waals surface area contributed by atoms with Gasteiger partial charge in [-0.1, -0.05) is 6.92 Å². The lowest BCUT2D eigenvalue weighted by molar-refractivity contribution is 0.0466. The van der Waals surface area contributed by atoms with E-state index in [-0.39, 0.29) is 12.6 Å². The SMILES string of the molecule is CCC(C)n1ccc(COC(=O)c2ccc(N)cc2C)n1. The molecule has 2 rings (SSSR count). The standard InChI is InChI=1S/C16H21N3O2/c1-4-12(3)19-8-7-14(18-19)10-21-16(20)15-6-5-13(17)9-11(15)2/h5-9,12H,4,10,17H2,1-3H3. The highest BCUT2D eigenvalue weighted by Crippen LogP contribution is 2.15. The molecule has 5 heteroatoms. The Morgan fingerprint density at radius 3 is 2.86 bits per heavy atom. The van der Waals surface area contributed by atoms with E-state index in [1.807, 2.05) is 23.9 Å². The Morgan fingerprint density at radius 2 is 2.19 bits per heavy atom. The van der Waals surface area contributed by atoms with Crippen molar-refractivity contribution in [3.63, 3.8) is 0 Å².